The topological polar surface area (TPSA) is 48.5 Å². The van der Waals surface area contributed by atoms with Crippen LogP contribution in [0.3, 0.4) is 0 Å². The smallest absolute Gasteiger partial charge is 0.317 e. The monoisotopic (exact) mass is 538 g/mol. The molecule has 0 aliphatic carbocycles. The first-order valence-corrected chi connectivity index (χ1v) is 13.2. The number of anilines is 1. The summed E-state index contributed by atoms with van der Waals surface area (Å²) < 4.78 is 14.7. The molecule has 3 aromatic rings. The Bertz CT molecular complexity index is 1320. The molecule has 0 saturated carbocycles. The molecule has 1 saturated heterocycles. The zero-order chi connectivity index (χ0) is 26.0. The number of urea groups is 1. The number of pyridine rings is 1. The molecule has 2 aliphatic rings. The fourth-order valence-electron chi connectivity index (χ4n) is 5.55. The molecule has 1 N–H and O–H groups in total. The van der Waals surface area contributed by atoms with Crippen LogP contribution in [0.5, 0.6) is 0 Å². The summed E-state index contributed by atoms with van der Waals surface area (Å²) in [5.41, 5.74) is 4.07. The third-order valence-electron chi connectivity index (χ3n) is 7.39. The van der Waals surface area contributed by atoms with E-state index < -0.39 is 0 Å². The summed E-state index contributed by atoms with van der Waals surface area (Å²) in [6.45, 7) is 4.83. The number of hydrogen-bond acceptors (Lipinski definition) is 3. The van der Waals surface area contributed by atoms with Gasteiger partial charge in [-0.3, -0.25) is 4.90 Å². The Morgan fingerprint density at radius 2 is 1.92 bits per heavy atom. The van der Waals surface area contributed by atoms with Crippen LogP contribution in [-0.4, -0.2) is 42.1 Å². The largest absolute Gasteiger partial charge is 0.325 e. The fourth-order valence-corrected chi connectivity index (χ4v) is 5.87. The van der Waals surface area contributed by atoms with Gasteiger partial charge < -0.3 is 10.2 Å². The Morgan fingerprint density at radius 3 is 2.65 bits per heavy atom. The number of aromatic nitrogens is 1. The molecule has 3 heterocycles. The summed E-state index contributed by atoms with van der Waals surface area (Å²) in [6.07, 6.45) is 7.32. The predicted molar refractivity (Wildman–Crippen MR) is 148 cm³/mol. The number of fused-ring (bicyclic) bond motifs is 2. The number of amides is 2. The molecule has 0 unspecified atom stereocenters. The first kappa shape index (κ1) is 25.7. The summed E-state index contributed by atoms with van der Waals surface area (Å²) in [4.78, 5) is 21.8. The van der Waals surface area contributed by atoms with Crippen LogP contribution in [0.1, 0.15) is 35.1 Å². The maximum absolute atomic E-state index is 14.7. The van der Waals surface area contributed by atoms with Crippen molar-refractivity contribution in [3.05, 3.63) is 99.1 Å². The van der Waals surface area contributed by atoms with Crippen molar-refractivity contribution in [3.63, 3.8) is 0 Å². The van der Waals surface area contributed by atoms with Crippen LogP contribution < -0.4 is 10.2 Å². The molecule has 0 radical (unpaired) electrons. The molecule has 0 atom stereocenters. The van der Waals surface area contributed by atoms with Gasteiger partial charge in [0.1, 0.15) is 11.0 Å². The molecular weight excluding hydrogens is 510 g/mol. The van der Waals surface area contributed by atoms with Gasteiger partial charge in [-0.15, -0.1) is 0 Å². The zero-order valence-corrected chi connectivity index (χ0v) is 22.2. The number of piperidine rings is 1. The van der Waals surface area contributed by atoms with Crippen molar-refractivity contribution in [2.75, 3.05) is 31.1 Å². The summed E-state index contributed by atoms with van der Waals surface area (Å²) in [5.74, 6) is -0.222. The van der Waals surface area contributed by atoms with Gasteiger partial charge in [0.25, 0.3) is 0 Å². The van der Waals surface area contributed by atoms with Gasteiger partial charge in [0.15, 0.2) is 0 Å². The Morgan fingerprint density at radius 1 is 1.16 bits per heavy atom. The molecule has 2 amide bonds. The van der Waals surface area contributed by atoms with Gasteiger partial charge in [0.05, 0.1) is 0 Å². The SMILES string of the molecule is Cc1c(F)ccc2c1C1(CCNCC1)CN2C(=O)N(CC=Cc1ccc(Cl)cc1)Cc1ccnc(Cl)c1. The molecular formula is C29H29Cl2FN4O. The van der Waals surface area contributed by atoms with Crippen molar-refractivity contribution >= 4 is 41.0 Å². The molecule has 1 fully saturated rings. The molecule has 192 valence electrons. The molecule has 8 heteroatoms. The number of carbonyl (C=O) groups is 1. The average Bonchev–Trinajstić information content (AvgIpc) is 3.20. The zero-order valence-electron chi connectivity index (χ0n) is 20.7. The lowest BCUT2D eigenvalue weighted by atomic mass is 9.73. The summed E-state index contributed by atoms with van der Waals surface area (Å²) in [5, 5.41) is 4.47. The van der Waals surface area contributed by atoms with Crippen molar-refractivity contribution in [2.24, 2.45) is 0 Å². The van der Waals surface area contributed by atoms with E-state index in [1.54, 1.807) is 23.2 Å². The van der Waals surface area contributed by atoms with Crippen LogP contribution >= 0.6 is 23.2 Å². The van der Waals surface area contributed by atoms with Crippen molar-refractivity contribution in [2.45, 2.75) is 31.7 Å². The fraction of sp³-hybridized carbons (Fsp3) is 0.310. The van der Waals surface area contributed by atoms with E-state index >= 15 is 0 Å². The number of benzene rings is 2. The second kappa shape index (κ2) is 10.8. The second-order valence-corrected chi connectivity index (χ2v) is 10.6. The molecule has 5 rings (SSSR count). The minimum absolute atomic E-state index is 0.114. The van der Waals surface area contributed by atoms with Crippen molar-refractivity contribution in [1.82, 2.24) is 15.2 Å². The van der Waals surface area contributed by atoms with E-state index in [4.69, 9.17) is 23.2 Å². The van der Waals surface area contributed by atoms with E-state index in [-0.39, 0.29) is 17.3 Å². The number of carbonyl (C=O) groups excluding carboxylic acids is 1. The maximum atomic E-state index is 14.7. The molecule has 5 nitrogen and oxygen atoms in total. The normalized spacial score (nSPS) is 16.4. The van der Waals surface area contributed by atoms with Crippen LogP contribution in [0.4, 0.5) is 14.9 Å². The molecule has 1 aromatic heterocycles. The summed E-state index contributed by atoms with van der Waals surface area (Å²) in [6, 6.07) is 14.3. The standard InChI is InChI=1S/C29H29Cl2FN4O/c1-20-24(32)8-9-25-27(20)29(11-14-33-15-12-29)19-36(25)28(37)35(18-22-10-13-34-26(31)17-22)16-2-3-21-4-6-23(30)7-5-21/h2-10,13,17,33H,11-12,14-16,18-19H2,1H3. The number of halogens is 3. The Kier molecular flexibility index (Phi) is 7.52. The van der Waals surface area contributed by atoms with Crippen LogP contribution in [0.2, 0.25) is 10.2 Å². The van der Waals surface area contributed by atoms with Crippen LogP contribution in [0.15, 0.2) is 60.8 Å². The Hall–Kier alpha value is -2.93. The van der Waals surface area contributed by atoms with Gasteiger partial charge in [-0.2, -0.15) is 0 Å². The molecule has 0 bridgehead atoms. The van der Waals surface area contributed by atoms with Gasteiger partial charge in [-0.05, 0) is 91.5 Å². The Labute approximate surface area is 226 Å². The number of rotatable bonds is 5. The average molecular weight is 539 g/mol. The first-order valence-electron chi connectivity index (χ1n) is 12.5. The minimum Gasteiger partial charge on any atom is -0.317 e. The molecule has 2 aromatic carbocycles. The van der Waals surface area contributed by atoms with Crippen LogP contribution in [0.25, 0.3) is 6.08 Å². The molecule has 1 spiro atoms. The molecule has 37 heavy (non-hydrogen) atoms. The lowest BCUT2D eigenvalue weighted by Crippen LogP contribution is -2.48. The third kappa shape index (κ3) is 5.37. The number of nitrogens with one attached hydrogen (secondary N) is 1. The second-order valence-electron chi connectivity index (χ2n) is 9.79. The highest BCUT2D eigenvalue weighted by Crippen LogP contribution is 2.48. The predicted octanol–water partition coefficient (Wildman–Crippen LogP) is 6.61. The highest BCUT2D eigenvalue weighted by atomic mass is 35.5. The minimum atomic E-state index is -0.243. The van der Waals surface area contributed by atoms with E-state index in [9.17, 15) is 9.18 Å². The van der Waals surface area contributed by atoms with E-state index in [0.29, 0.717) is 35.4 Å². The van der Waals surface area contributed by atoms with E-state index in [2.05, 4.69) is 10.3 Å². The third-order valence-corrected chi connectivity index (χ3v) is 7.85. The number of hydrogen-bond donors (Lipinski definition) is 1. The van der Waals surface area contributed by atoms with Crippen molar-refractivity contribution < 1.29 is 9.18 Å². The Balaban J connectivity index is 1.47. The maximum Gasteiger partial charge on any atom is 0.325 e. The van der Waals surface area contributed by atoms with E-state index in [0.717, 1.165) is 48.3 Å². The van der Waals surface area contributed by atoms with Gasteiger partial charge in [-0.1, -0.05) is 47.5 Å². The van der Waals surface area contributed by atoms with Gasteiger partial charge in [0, 0.05) is 42.0 Å². The number of nitrogens with zero attached hydrogens (tertiary/aromatic N) is 3. The van der Waals surface area contributed by atoms with Crippen molar-refractivity contribution in [1.29, 1.82) is 0 Å². The molecule has 2 aliphatic heterocycles. The van der Waals surface area contributed by atoms with Crippen LogP contribution in [0, 0.1) is 12.7 Å². The van der Waals surface area contributed by atoms with Gasteiger partial charge >= 0.3 is 6.03 Å². The summed E-state index contributed by atoms with van der Waals surface area (Å²) >= 11 is 12.1. The highest BCUT2D eigenvalue weighted by Gasteiger charge is 2.47. The first-order chi connectivity index (χ1) is 17.9. The van der Waals surface area contributed by atoms with Gasteiger partial charge in [-0.25, -0.2) is 14.2 Å². The lowest BCUT2D eigenvalue weighted by molar-refractivity contribution is 0.205. The van der Waals surface area contributed by atoms with E-state index in [1.807, 2.05) is 54.3 Å². The summed E-state index contributed by atoms with van der Waals surface area (Å²) in [7, 11) is 0. The van der Waals surface area contributed by atoms with Crippen LogP contribution in [-0.2, 0) is 12.0 Å². The highest BCUT2D eigenvalue weighted by molar-refractivity contribution is 6.30. The lowest BCUT2D eigenvalue weighted by Gasteiger charge is -2.36. The quantitative estimate of drug-likeness (QED) is 0.371. The van der Waals surface area contributed by atoms with Gasteiger partial charge in [0.2, 0.25) is 0 Å². The van der Waals surface area contributed by atoms with E-state index in [1.165, 1.54) is 6.07 Å². The van der Waals surface area contributed by atoms with Crippen molar-refractivity contribution in [3.8, 4) is 0 Å².